The average molecular weight is 415 g/mol. The highest BCUT2D eigenvalue weighted by Gasteiger charge is 2.56. The smallest absolute Gasteiger partial charge is 0.343 e. The van der Waals surface area contributed by atoms with Gasteiger partial charge in [-0.1, -0.05) is 37.5 Å². The van der Waals surface area contributed by atoms with Gasteiger partial charge in [-0.2, -0.15) is 0 Å². The zero-order valence-electron chi connectivity index (χ0n) is 17.9. The number of Topliss-reactive ketones (excluding diaryl/α,β-unsaturated/α-hetero) is 1. The van der Waals surface area contributed by atoms with E-state index < -0.39 is 17.5 Å². The van der Waals surface area contributed by atoms with E-state index in [0.29, 0.717) is 11.4 Å². The summed E-state index contributed by atoms with van der Waals surface area (Å²) in [5.41, 5.74) is -1.14. The third-order valence-corrected chi connectivity index (χ3v) is 5.96. The zero-order chi connectivity index (χ0) is 21.9. The van der Waals surface area contributed by atoms with Gasteiger partial charge in [-0.05, 0) is 38.8 Å². The molecule has 7 nitrogen and oxygen atoms in total. The van der Waals surface area contributed by atoms with Crippen LogP contribution in [0.5, 0.6) is 0 Å². The van der Waals surface area contributed by atoms with Crippen LogP contribution in [-0.2, 0) is 19.1 Å². The molecule has 1 N–H and O–H groups in total. The van der Waals surface area contributed by atoms with Crippen LogP contribution in [0.25, 0.3) is 0 Å². The highest BCUT2D eigenvalue weighted by atomic mass is 16.5. The Hall–Kier alpha value is -2.67. The van der Waals surface area contributed by atoms with Gasteiger partial charge in [-0.25, -0.2) is 4.79 Å². The summed E-state index contributed by atoms with van der Waals surface area (Å²) in [5.74, 6) is -1.73. The largest absolute Gasteiger partial charge is 0.462 e. The van der Waals surface area contributed by atoms with Crippen LogP contribution in [0.15, 0.2) is 41.6 Å². The zero-order valence-corrected chi connectivity index (χ0v) is 17.9. The number of allylic oxidation sites excluding steroid dienone is 1. The summed E-state index contributed by atoms with van der Waals surface area (Å²) >= 11 is 0. The molecule has 1 atom stereocenters. The van der Waals surface area contributed by atoms with Crippen LogP contribution in [0, 0.1) is 0 Å². The molecule has 1 aromatic rings. The third kappa shape index (κ3) is 3.99. The number of nitrogens with zero attached hydrogens (tertiary/aromatic N) is 2. The molecular formula is C23H30N2O5. The molecule has 30 heavy (non-hydrogen) atoms. The van der Waals surface area contributed by atoms with Crippen molar-refractivity contribution in [3.63, 3.8) is 0 Å². The maximum Gasteiger partial charge on any atom is 0.343 e. The highest BCUT2D eigenvalue weighted by molar-refractivity contribution is 6.23. The van der Waals surface area contributed by atoms with Gasteiger partial charge >= 0.3 is 5.97 Å². The minimum Gasteiger partial charge on any atom is -0.462 e. The van der Waals surface area contributed by atoms with Crippen LogP contribution >= 0.6 is 0 Å². The van der Waals surface area contributed by atoms with Crippen molar-refractivity contribution in [2.24, 2.45) is 0 Å². The first-order chi connectivity index (χ1) is 14.3. The number of ketones is 1. The van der Waals surface area contributed by atoms with Crippen LogP contribution in [0.2, 0.25) is 0 Å². The molecule has 3 rings (SSSR count). The van der Waals surface area contributed by atoms with Crippen LogP contribution in [0.4, 0.5) is 5.69 Å². The molecule has 0 bridgehead atoms. The van der Waals surface area contributed by atoms with Crippen molar-refractivity contribution in [2.45, 2.75) is 64.6 Å². The Bertz CT molecular complexity index is 844. The van der Waals surface area contributed by atoms with Crippen molar-refractivity contribution >= 4 is 23.3 Å². The van der Waals surface area contributed by atoms with Gasteiger partial charge in [0, 0.05) is 24.4 Å². The minimum absolute atomic E-state index is 0.0794. The summed E-state index contributed by atoms with van der Waals surface area (Å²) in [6.45, 7) is 4.62. The fourth-order valence-corrected chi connectivity index (χ4v) is 4.59. The Balaban J connectivity index is 2.03. The fourth-order valence-electron chi connectivity index (χ4n) is 4.59. The number of anilines is 1. The first-order valence-corrected chi connectivity index (χ1v) is 10.6. The summed E-state index contributed by atoms with van der Waals surface area (Å²) in [4.78, 5) is 41.5. The van der Waals surface area contributed by atoms with E-state index in [4.69, 9.17) is 4.74 Å². The lowest BCUT2D eigenvalue weighted by Crippen LogP contribution is -2.61. The van der Waals surface area contributed by atoms with Crippen LogP contribution in [0.3, 0.4) is 0 Å². The number of ether oxygens (including phenoxy) is 1. The molecule has 1 unspecified atom stereocenters. The van der Waals surface area contributed by atoms with E-state index in [0.717, 1.165) is 32.1 Å². The first-order valence-electron chi connectivity index (χ1n) is 10.6. The lowest BCUT2D eigenvalue weighted by Gasteiger charge is -2.44. The Labute approximate surface area is 177 Å². The molecule has 2 aliphatic rings. The van der Waals surface area contributed by atoms with E-state index in [2.05, 4.69) is 0 Å². The van der Waals surface area contributed by atoms with E-state index in [1.807, 2.05) is 6.07 Å². The molecular weight excluding hydrogens is 384 g/mol. The number of esters is 1. The number of carbonyl (C=O) groups is 3. The van der Waals surface area contributed by atoms with E-state index >= 15 is 0 Å². The molecule has 1 aliphatic heterocycles. The molecule has 1 saturated carbocycles. The molecule has 0 aromatic heterocycles. The van der Waals surface area contributed by atoms with Crippen molar-refractivity contribution in [3.05, 3.63) is 41.6 Å². The molecule has 1 amide bonds. The quantitative estimate of drug-likeness (QED) is 0.569. The number of para-hydroxylation sites is 1. The van der Waals surface area contributed by atoms with Gasteiger partial charge < -0.3 is 19.6 Å². The summed E-state index contributed by atoms with van der Waals surface area (Å²) in [6.07, 6.45) is 4.71. The van der Waals surface area contributed by atoms with Crippen molar-refractivity contribution in [2.75, 3.05) is 18.1 Å². The second-order valence-corrected chi connectivity index (χ2v) is 7.93. The monoisotopic (exact) mass is 414 g/mol. The lowest BCUT2D eigenvalue weighted by atomic mass is 9.92. The van der Waals surface area contributed by atoms with E-state index in [-0.39, 0.29) is 30.7 Å². The number of carbonyl (C=O) groups excluding carboxylic acids is 3. The van der Waals surface area contributed by atoms with Crippen molar-refractivity contribution < 1.29 is 24.2 Å². The Morgan fingerprint density at radius 1 is 1.20 bits per heavy atom. The fraction of sp³-hybridized carbons (Fsp3) is 0.522. The summed E-state index contributed by atoms with van der Waals surface area (Å²) in [5, 5.41) is 11.7. The predicted molar refractivity (Wildman–Crippen MR) is 112 cm³/mol. The molecule has 0 saturated heterocycles. The normalized spacial score (nSPS) is 22.4. The van der Waals surface area contributed by atoms with Crippen molar-refractivity contribution in [1.29, 1.82) is 0 Å². The number of amides is 1. The number of benzene rings is 1. The molecule has 0 radical (unpaired) electrons. The van der Waals surface area contributed by atoms with Gasteiger partial charge in [-0.15, -0.1) is 0 Å². The van der Waals surface area contributed by atoms with Gasteiger partial charge in [0.1, 0.15) is 5.57 Å². The number of aliphatic hydroxyl groups is 1. The minimum atomic E-state index is -2.02. The molecule has 162 valence electrons. The maximum atomic E-state index is 13.4. The van der Waals surface area contributed by atoms with Crippen LogP contribution in [-0.4, -0.2) is 52.6 Å². The van der Waals surface area contributed by atoms with Gasteiger partial charge in [-0.3, -0.25) is 9.59 Å². The SMILES string of the molecule is CCOC(=O)C1=C(C)N(C2CCCCC2)C(O)(CN(C(C)=O)c2ccccc2)C1=O. The maximum absolute atomic E-state index is 13.4. The second-order valence-electron chi connectivity index (χ2n) is 7.93. The molecule has 1 aromatic carbocycles. The van der Waals surface area contributed by atoms with Crippen LogP contribution < -0.4 is 4.90 Å². The summed E-state index contributed by atoms with van der Waals surface area (Å²) in [6, 6.07) is 8.83. The number of rotatable bonds is 6. The van der Waals surface area contributed by atoms with Crippen molar-refractivity contribution in [1.82, 2.24) is 4.90 Å². The predicted octanol–water partition coefficient (Wildman–Crippen LogP) is 2.78. The third-order valence-electron chi connectivity index (χ3n) is 5.96. The molecule has 1 fully saturated rings. The van der Waals surface area contributed by atoms with E-state index in [9.17, 15) is 19.5 Å². The van der Waals surface area contributed by atoms with Gasteiger partial charge in [0.25, 0.3) is 0 Å². The molecule has 1 heterocycles. The summed E-state index contributed by atoms with van der Waals surface area (Å²) in [7, 11) is 0. The van der Waals surface area contributed by atoms with Crippen LogP contribution in [0.1, 0.15) is 52.9 Å². The van der Waals surface area contributed by atoms with E-state index in [1.54, 1.807) is 43.0 Å². The highest BCUT2D eigenvalue weighted by Crippen LogP contribution is 2.40. The molecule has 1 aliphatic carbocycles. The van der Waals surface area contributed by atoms with Gasteiger partial charge in [0.2, 0.25) is 17.4 Å². The summed E-state index contributed by atoms with van der Waals surface area (Å²) < 4.78 is 5.10. The first kappa shape index (κ1) is 22.0. The van der Waals surface area contributed by atoms with Crippen molar-refractivity contribution in [3.8, 4) is 0 Å². The topological polar surface area (TPSA) is 87.2 Å². The van der Waals surface area contributed by atoms with Gasteiger partial charge in [0.15, 0.2) is 0 Å². The Morgan fingerprint density at radius 3 is 2.40 bits per heavy atom. The Morgan fingerprint density at radius 2 is 1.83 bits per heavy atom. The second kappa shape index (κ2) is 9.00. The molecule has 0 spiro atoms. The Kier molecular flexibility index (Phi) is 6.61. The standard InChI is InChI=1S/C23H30N2O5/c1-4-30-22(28)20-16(2)25(19-13-9-6-10-14-19)23(29,21(20)27)15-24(17(3)26)18-11-7-5-8-12-18/h5,7-8,11-12,19,29H,4,6,9-10,13-15H2,1-3H3. The average Bonchev–Trinajstić information content (AvgIpc) is 2.93. The molecule has 7 heteroatoms. The van der Waals surface area contributed by atoms with Gasteiger partial charge in [0.05, 0.1) is 13.2 Å². The number of hydrogen-bond donors (Lipinski definition) is 1. The lowest BCUT2D eigenvalue weighted by molar-refractivity contribution is -0.153. The van der Waals surface area contributed by atoms with E-state index in [1.165, 1.54) is 11.8 Å². The number of hydrogen-bond acceptors (Lipinski definition) is 6.